The van der Waals surface area contributed by atoms with Gasteiger partial charge in [-0.05, 0) is 48.7 Å². The van der Waals surface area contributed by atoms with Gasteiger partial charge in [-0.2, -0.15) is 13.2 Å². The maximum Gasteiger partial charge on any atom is 0.416 e. The summed E-state index contributed by atoms with van der Waals surface area (Å²) in [6, 6.07) is 6.08. The second-order valence-corrected chi connectivity index (χ2v) is 7.77. The lowest BCUT2D eigenvalue weighted by Crippen LogP contribution is -2.36. The molecule has 1 aliphatic heterocycles. The van der Waals surface area contributed by atoms with E-state index in [0.29, 0.717) is 47.9 Å². The molecule has 1 aromatic heterocycles. The molecule has 1 amide bonds. The van der Waals surface area contributed by atoms with Crippen LogP contribution in [0.3, 0.4) is 0 Å². The van der Waals surface area contributed by atoms with Crippen LogP contribution in [0.5, 0.6) is 0 Å². The van der Waals surface area contributed by atoms with Crippen LogP contribution in [0.4, 0.5) is 18.9 Å². The minimum Gasteiger partial charge on any atom is -0.388 e. The number of carbonyl (C=O) groups excluding carboxylic acids is 1. The van der Waals surface area contributed by atoms with E-state index >= 15 is 0 Å². The van der Waals surface area contributed by atoms with E-state index in [1.54, 1.807) is 12.3 Å². The number of alkyl halides is 3. The van der Waals surface area contributed by atoms with E-state index in [9.17, 15) is 23.1 Å². The highest BCUT2D eigenvalue weighted by Crippen LogP contribution is 2.31. The third kappa shape index (κ3) is 6.06. The maximum absolute atomic E-state index is 12.6. The number of nitrogens with one attached hydrogen (secondary N) is 1. The summed E-state index contributed by atoms with van der Waals surface area (Å²) < 4.78 is 37.9. The van der Waals surface area contributed by atoms with Gasteiger partial charge in [-0.3, -0.25) is 14.7 Å². The topological polar surface area (TPSA) is 65.5 Å². The molecular weight excluding hydrogens is 431 g/mol. The predicted molar refractivity (Wildman–Crippen MR) is 114 cm³/mol. The standard InChI is InChI=1S/C22H23ClF3N3O2/c1-2-19(30)15-11-18(23)21(27-12-15)14-7-9-29(10-8-14)13-20(31)28-17-5-3-16(4-6-17)22(24,25)26/h3-7,11-12,19,30H,2,8-10,13H2,1H3,(H,28,31). The fourth-order valence-corrected chi connectivity index (χ4v) is 3.62. The molecule has 1 unspecified atom stereocenters. The third-order valence-electron chi connectivity index (χ3n) is 5.09. The van der Waals surface area contributed by atoms with Gasteiger partial charge in [0.05, 0.1) is 28.9 Å². The van der Waals surface area contributed by atoms with Gasteiger partial charge in [0, 0.05) is 30.5 Å². The van der Waals surface area contributed by atoms with Crippen LogP contribution in [0.25, 0.3) is 5.57 Å². The summed E-state index contributed by atoms with van der Waals surface area (Å²) in [5, 5.41) is 13.0. The van der Waals surface area contributed by atoms with E-state index in [1.165, 1.54) is 12.1 Å². The van der Waals surface area contributed by atoms with Crippen molar-refractivity contribution in [3.05, 3.63) is 64.4 Å². The number of hydrogen-bond acceptors (Lipinski definition) is 4. The van der Waals surface area contributed by atoms with Crippen LogP contribution in [0.2, 0.25) is 5.02 Å². The first-order valence-electron chi connectivity index (χ1n) is 9.89. The van der Waals surface area contributed by atoms with Crippen LogP contribution in [0, 0.1) is 0 Å². The average molecular weight is 454 g/mol. The molecule has 2 aromatic rings. The molecule has 2 N–H and O–H groups in total. The minimum atomic E-state index is -4.41. The van der Waals surface area contributed by atoms with E-state index in [1.807, 2.05) is 17.9 Å². The van der Waals surface area contributed by atoms with Crippen molar-refractivity contribution < 1.29 is 23.1 Å². The summed E-state index contributed by atoms with van der Waals surface area (Å²) in [6.45, 7) is 3.13. The zero-order chi connectivity index (χ0) is 22.6. The molecule has 1 aliphatic rings. The van der Waals surface area contributed by atoms with E-state index in [2.05, 4.69) is 10.3 Å². The zero-order valence-corrected chi connectivity index (χ0v) is 17.7. The van der Waals surface area contributed by atoms with Crippen molar-refractivity contribution in [3.8, 4) is 0 Å². The van der Waals surface area contributed by atoms with Crippen LogP contribution in [-0.4, -0.2) is 40.5 Å². The summed E-state index contributed by atoms with van der Waals surface area (Å²) in [4.78, 5) is 18.6. The molecule has 0 aliphatic carbocycles. The smallest absolute Gasteiger partial charge is 0.388 e. The van der Waals surface area contributed by atoms with Gasteiger partial charge in [-0.25, -0.2) is 0 Å². The molecule has 0 spiro atoms. The molecule has 3 rings (SSSR count). The number of hydrogen-bond donors (Lipinski definition) is 2. The molecule has 5 nitrogen and oxygen atoms in total. The van der Waals surface area contributed by atoms with Crippen LogP contribution >= 0.6 is 11.6 Å². The maximum atomic E-state index is 12.6. The van der Waals surface area contributed by atoms with E-state index in [4.69, 9.17) is 11.6 Å². The van der Waals surface area contributed by atoms with Crippen LogP contribution in [-0.2, 0) is 11.0 Å². The van der Waals surface area contributed by atoms with Crippen molar-refractivity contribution in [2.75, 3.05) is 25.0 Å². The Hall–Kier alpha value is -2.42. The lowest BCUT2D eigenvalue weighted by atomic mass is 10.0. The second-order valence-electron chi connectivity index (χ2n) is 7.36. The monoisotopic (exact) mass is 453 g/mol. The number of aromatic nitrogens is 1. The van der Waals surface area contributed by atoms with Crippen molar-refractivity contribution in [2.45, 2.75) is 32.0 Å². The molecule has 0 saturated carbocycles. The van der Waals surface area contributed by atoms with Crippen molar-refractivity contribution >= 4 is 28.8 Å². The summed E-state index contributed by atoms with van der Waals surface area (Å²) in [5.74, 6) is -0.300. The fraction of sp³-hybridized carbons (Fsp3) is 0.364. The quantitative estimate of drug-likeness (QED) is 0.651. The summed E-state index contributed by atoms with van der Waals surface area (Å²) >= 11 is 6.35. The van der Waals surface area contributed by atoms with Gasteiger partial charge in [-0.1, -0.05) is 24.6 Å². The fourth-order valence-electron chi connectivity index (χ4n) is 3.32. The molecule has 1 atom stereocenters. The van der Waals surface area contributed by atoms with Gasteiger partial charge >= 0.3 is 6.18 Å². The Bertz CT molecular complexity index is 961. The van der Waals surface area contributed by atoms with E-state index in [-0.39, 0.29) is 12.5 Å². The number of halogens is 4. The van der Waals surface area contributed by atoms with Crippen molar-refractivity contribution in [2.24, 2.45) is 0 Å². The number of amides is 1. The SMILES string of the molecule is CCC(O)c1cnc(C2=CCN(CC(=O)Nc3ccc(C(F)(F)F)cc3)CC2)c(Cl)c1. The summed E-state index contributed by atoms with van der Waals surface area (Å²) in [5.41, 5.74) is 1.87. The number of rotatable bonds is 6. The molecule has 31 heavy (non-hydrogen) atoms. The number of nitrogens with zero attached hydrogens (tertiary/aromatic N) is 2. The van der Waals surface area contributed by atoms with Gasteiger partial charge < -0.3 is 10.4 Å². The molecule has 166 valence electrons. The largest absolute Gasteiger partial charge is 0.416 e. The van der Waals surface area contributed by atoms with Crippen molar-refractivity contribution in [1.29, 1.82) is 0 Å². The van der Waals surface area contributed by atoms with Gasteiger partial charge in [0.1, 0.15) is 0 Å². The van der Waals surface area contributed by atoms with Crippen LogP contribution < -0.4 is 5.32 Å². The molecule has 0 bridgehead atoms. The summed E-state index contributed by atoms with van der Waals surface area (Å²) in [6.07, 6.45) is -0.203. The number of benzene rings is 1. The van der Waals surface area contributed by atoms with Gasteiger partial charge in [0.25, 0.3) is 0 Å². The molecule has 2 heterocycles. The highest BCUT2D eigenvalue weighted by Gasteiger charge is 2.30. The number of anilines is 1. The number of pyridine rings is 1. The average Bonchev–Trinajstić information content (AvgIpc) is 2.73. The normalized spacial score (nSPS) is 16.0. The number of aliphatic hydroxyl groups excluding tert-OH is 1. The molecule has 0 fully saturated rings. The first kappa shape index (κ1) is 23.2. The highest BCUT2D eigenvalue weighted by molar-refractivity contribution is 6.32. The molecule has 0 saturated heterocycles. The number of carbonyl (C=O) groups is 1. The minimum absolute atomic E-state index is 0.119. The Morgan fingerprint density at radius 3 is 2.58 bits per heavy atom. The van der Waals surface area contributed by atoms with Gasteiger partial charge in [0.15, 0.2) is 0 Å². The van der Waals surface area contributed by atoms with Crippen molar-refractivity contribution in [3.63, 3.8) is 0 Å². The Balaban J connectivity index is 1.56. The summed E-state index contributed by atoms with van der Waals surface area (Å²) in [7, 11) is 0. The Kier molecular flexibility index (Phi) is 7.35. The van der Waals surface area contributed by atoms with Crippen LogP contribution in [0.15, 0.2) is 42.6 Å². The lowest BCUT2D eigenvalue weighted by molar-refractivity contribution is -0.137. The van der Waals surface area contributed by atoms with Crippen molar-refractivity contribution in [1.82, 2.24) is 9.88 Å². The van der Waals surface area contributed by atoms with Gasteiger partial charge in [-0.15, -0.1) is 0 Å². The molecule has 0 radical (unpaired) electrons. The molecule has 1 aromatic carbocycles. The Labute approximate surface area is 183 Å². The first-order chi connectivity index (χ1) is 14.7. The Morgan fingerprint density at radius 1 is 1.32 bits per heavy atom. The number of aliphatic hydroxyl groups is 1. The second kappa shape index (κ2) is 9.80. The highest BCUT2D eigenvalue weighted by atomic mass is 35.5. The van der Waals surface area contributed by atoms with E-state index in [0.717, 1.165) is 17.7 Å². The first-order valence-corrected chi connectivity index (χ1v) is 10.3. The van der Waals surface area contributed by atoms with E-state index < -0.39 is 17.8 Å². The molecule has 9 heteroatoms. The Morgan fingerprint density at radius 2 is 2.03 bits per heavy atom. The van der Waals surface area contributed by atoms with Gasteiger partial charge in [0.2, 0.25) is 5.91 Å². The zero-order valence-electron chi connectivity index (χ0n) is 16.9. The van der Waals surface area contributed by atoms with Crippen LogP contribution in [0.1, 0.15) is 42.7 Å². The molecular formula is C22H23ClF3N3O2. The predicted octanol–water partition coefficient (Wildman–Crippen LogP) is 4.93. The third-order valence-corrected chi connectivity index (χ3v) is 5.38. The lowest BCUT2D eigenvalue weighted by Gasteiger charge is -2.26.